The fourth-order valence-electron chi connectivity index (χ4n) is 4.54. The summed E-state index contributed by atoms with van der Waals surface area (Å²) in [5.74, 6) is 5.35. The normalized spacial score (nSPS) is 19.7. The smallest absolute Gasteiger partial charge is 0.290 e. The number of aliphatic hydroxyl groups is 1. The quantitative estimate of drug-likeness (QED) is 0.663. The lowest BCUT2D eigenvalue weighted by Crippen LogP contribution is -2.46. The third kappa shape index (κ3) is 6.93. The summed E-state index contributed by atoms with van der Waals surface area (Å²) in [6.07, 6.45) is 8.51. The number of furan rings is 1. The molecular weight excluding hydrogens is 446 g/mol. The molecule has 1 N–H and O–H groups in total. The zero-order valence-corrected chi connectivity index (χ0v) is 20.4. The monoisotopic (exact) mass is 479 g/mol. The highest BCUT2D eigenvalue weighted by Crippen LogP contribution is 2.25. The van der Waals surface area contributed by atoms with Crippen LogP contribution in [0.25, 0.3) is 0 Å². The fraction of sp³-hybridized carbons (Fsp3) is 0.519. The summed E-state index contributed by atoms with van der Waals surface area (Å²) in [5, 5.41) is 9.80. The average molecular weight is 480 g/mol. The van der Waals surface area contributed by atoms with Gasteiger partial charge in [0.2, 0.25) is 5.91 Å². The third-order valence-electron chi connectivity index (χ3n) is 6.29. The van der Waals surface area contributed by atoms with Crippen LogP contribution >= 0.6 is 0 Å². The van der Waals surface area contributed by atoms with Gasteiger partial charge < -0.3 is 24.1 Å². The average Bonchev–Trinajstić information content (AvgIpc) is 3.26. The molecule has 2 amide bonds. The highest BCUT2D eigenvalue weighted by molar-refractivity contribution is 5.94. The van der Waals surface area contributed by atoms with Gasteiger partial charge in [0.25, 0.3) is 5.91 Å². The van der Waals surface area contributed by atoms with Crippen molar-refractivity contribution in [3.8, 4) is 11.8 Å². The van der Waals surface area contributed by atoms with Crippen molar-refractivity contribution in [3.05, 3.63) is 53.7 Å². The van der Waals surface area contributed by atoms with Gasteiger partial charge in [0.05, 0.1) is 12.7 Å². The molecule has 8 nitrogen and oxygen atoms in total. The summed E-state index contributed by atoms with van der Waals surface area (Å²) >= 11 is 0. The largest absolute Gasteiger partial charge is 0.443 e. The molecule has 1 atom stereocenters. The van der Waals surface area contributed by atoms with Crippen molar-refractivity contribution < 1.29 is 23.8 Å². The maximum Gasteiger partial charge on any atom is 0.290 e. The van der Waals surface area contributed by atoms with E-state index in [9.17, 15) is 14.7 Å². The van der Waals surface area contributed by atoms with Crippen LogP contribution in [0.5, 0.6) is 0 Å². The van der Waals surface area contributed by atoms with E-state index in [-0.39, 0.29) is 48.6 Å². The Kier molecular flexibility index (Phi) is 7.89. The minimum atomic E-state index is -1.17. The van der Waals surface area contributed by atoms with Gasteiger partial charge in [-0.25, -0.2) is 0 Å². The van der Waals surface area contributed by atoms with Gasteiger partial charge in [0.1, 0.15) is 12.1 Å². The molecule has 1 saturated heterocycles. The number of carbonyl (C=O) groups is 2. The molecule has 2 aromatic rings. The second-order valence-electron chi connectivity index (χ2n) is 9.79. The minimum absolute atomic E-state index is 0.0204. The van der Waals surface area contributed by atoms with Gasteiger partial charge in [-0.1, -0.05) is 31.2 Å². The highest BCUT2D eigenvalue weighted by atomic mass is 16.5. The SMILES string of the molecule is CC(C)(O)C#Cc1ccc(C(=O)N2CC(=O)N(C3CCCCC3)CC(OCc3cccnc3)C2)o1. The Bertz CT molecular complexity index is 1070. The minimum Gasteiger partial charge on any atom is -0.443 e. The summed E-state index contributed by atoms with van der Waals surface area (Å²) in [6.45, 7) is 4.20. The Morgan fingerprint density at radius 3 is 2.74 bits per heavy atom. The zero-order valence-electron chi connectivity index (χ0n) is 20.4. The molecule has 1 unspecified atom stereocenters. The Labute approximate surface area is 206 Å². The third-order valence-corrected chi connectivity index (χ3v) is 6.29. The van der Waals surface area contributed by atoms with E-state index in [1.54, 1.807) is 38.4 Å². The molecule has 0 aromatic carbocycles. The lowest BCUT2D eigenvalue weighted by molar-refractivity contribution is -0.134. The lowest BCUT2D eigenvalue weighted by Gasteiger charge is -2.34. The van der Waals surface area contributed by atoms with Gasteiger partial charge in [0.15, 0.2) is 11.5 Å². The van der Waals surface area contributed by atoms with E-state index in [4.69, 9.17) is 9.15 Å². The molecule has 0 radical (unpaired) electrons. The summed E-state index contributed by atoms with van der Waals surface area (Å²) in [5.41, 5.74) is -0.235. The van der Waals surface area contributed by atoms with E-state index in [0.29, 0.717) is 13.2 Å². The molecule has 0 bridgehead atoms. The number of rotatable bonds is 5. The molecule has 1 aliphatic carbocycles. The first-order valence-electron chi connectivity index (χ1n) is 12.2. The number of ether oxygens (including phenoxy) is 1. The predicted octanol–water partition coefficient (Wildman–Crippen LogP) is 3.00. The second kappa shape index (κ2) is 11.1. The number of aromatic nitrogens is 1. The molecule has 2 aromatic heterocycles. The van der Waals surface area contributed by atoms with Crippen molar-refractivity contribution in [1.82, 2.24) is 14.8 Å². The van der Waals surface area contributed by atoms with E-state index < -0.39 is 5.60 Å². The van der Waals surface area contributed by atoms with Crippen LogP contribution in [-0.2, 0) is 16.1 Å². The molecule has 35 heavy (non-hydrogen) atoms. The Morgan fingerprint density at radius 1 is 1.23 bits per heavy atom. The van der Waals surface area contributed by atoms with Crippen LogP contribution in [0.1, 0.15) is 67.8 Å². The van der Waals surface area contributed by atoms with E-state index in [1.165, 1.54) is 11.3 Å². The van der Waals surface area contributed by atoms with Crippen molar-refractivity contribution in [2.45, 2.75) is 70.3 Å². The van der Waals surface area contributed by atoms with Crippen LogP contribution in [-0.4, -0.2) is 69.1 Å². The van der Waals surface area contributed by atoms with Crippen LogP contribution in [0, 0.1) is 11.8 Å². The van der Waals surface area contributed by atoms with Crippen molar-refractivity contribution in [2.24, 2.45) is 0 Å². The molecule has 2 aliphatic rings. The molecule has 1 saturated carbocycles. The molecule has 0 spiro atoms. The zero-order chi connectivity index (χ0) is 24.8. The van der Waals surface area contributed by atoms with E-state index >= 15 is 0 Å². The van der Waals surface area contributed by atoms with Gasteiger partial charge in [-0.2, -0.15) is 0 Å². The lowest BCUT2D eigenvalue weighted by atomic mass is 9.94. The maximum absolute atomic E-state index is 13.3. The molecule has 3 heterocycles. The number of amides is 2. The topological polar surface area (TPSA) is 96.1 Å². The van der Waals surface area contributed by atoms with Gasteiger partial charge in [-0.05, 0) is 56.4 Å². The van der Waals surface area contributed by atoms with Crippen LogP contribution in [0.4, 0.5) is 0 Å². The summed E-state index contributed by atoms with van der Waals surface area (Å²) < 4.78 is 11.8. The van der Waals surface area contributed by atoms with Crippen LogP contribution in [0.3, 0.4) is 0 Å². The number of hydrogen-bond donors (Lipinski definition) is 1. The number of carbonyl (C=O) groups excluding carboxylic acids is 2. The highest BCUT2D eigenvalue weighted by Gasteiger charge is 2.35. The number of pyridine rings is 1. The predicted molar refractivity (Wildman–Crippen MR) is 129 cm³/mol. The van der Waals surface area contributed by atoms with Gasteiger partial charge in [-0.15, -0.1) is 0 Å². The first-order chi connectivity index (χ1) is 16.8. The first-order valence-corrected chi connectivity index (χ1v) is 12.2. The van der Waals surface area contributed by atoms with Gasteiger partial charge in [0, 0.05) is 31.5 Å². The van der Waals surface area contributed by atoms with Crippen LogP contribution < -0.4 is 0 Å². The Hall–Kier alpha value is -3.15. The fourth-order valence-corrected chi connectivity index (χ4v) is 4.54. The van der Waals surface area contributed by atoms with Crippen molar-refractivity contribution in [1.29, 1.82) is 0 Å². The summed E-state index contributed by atoms with van der Waals surface area (Å²) in [6, 6.07) is 7.13. The maximum atomic E-state index is 13.3. The first kappa shape index (κ1) is 25.0. The van der Waals surface area contributed by atoms with E-state index in [1.807, 2.05) is 17.0 Å². The Morgan fingerprint density at radius 2 is 2.03 bits per heavy atom. The standard InChI is InChI=1S/C27H33N3O5/c1-27(2,33)13-12-22-10-11-24(35-22)26(32)29-16-23(34-19-20-7-6-14-28-15-20)17-30(25(31)18-29)21-8-4-3-5-9-21/h6-7,10-11,14-15,21,23,33H,3-5,8-9,16-19H2,1-2H3. The van der Waals surface area contributed by atoms with Gasteiger partial charge in [-0.3, -0.25) is 14.6 Å². The van der Waals surface area contributed by atoms with Crippen LogP contribution in [0.15, 0.2) is 41.1 Å². The van der Waals surface area contributed by atoms with Crippen molar-refractivity contribution in [3.63, 3.8) is 0 Å². The van der Waals surface area contributed by atoms with E-state index in [0.717, 1.165) is 31.2 Å². The molecule has 1 aliphatic heterocycles. The number of hydrogen-bond acceptors (Lipinski definition) is 6. The van der Waals surface area contributed by atoms with Gasteiger partial charge >= 0.3 is 0 Å². The molecule has 8 heteroatoms. The molecule has 4 rings (SSSR count). The second-order valence-corrected chi connectivity index (χ2v) is 9.79. The summed E-state index contributed by atoms with van der Waals surface area (Å²) in [4.78, 5) is 34.2. The summed E-state index contributed by atoms with van der Waals surface area (Å²) in [7, 11) is 0. The van der Waals surface area contributed by atoms with Crippen molar-refractivity contribution >= 4 is 11.8 Å². The molecular formula is C27H33N3O5. The van der Waals surface area contributed by atoms with Crippen LogP contribution in [0.2, 0.25) is 0 Å². The van der Waals surface area contributed by atoms with E-state index in [2.05, 4.69) is 16.8 Å². The molecule has 2 fully saturated rings. The molecule has 186 valence electrons. The van der Waals surface area contributed by atoms with Crippen molar-refractivity contribution in [2.75, 3.05) is 19.6 Å². The number of nitrogens with zero attached hydrogens (tertiary/aromatic N) is 3. The Balaban J connectivity index is 1.51.